The summed E-state index contributed by atoms with van der Waals surface area (Å²) in [7, 11) is 1.49. The lowest BCUT2D eigenvalue weighted by Gasteiger charge is -2.12. The Labute approximate surface area is 164 Å². The summed E-state index contributed by atoms with van der Waals surface area (Å²) < 4.78 is 19.5. The SMILES string of the molecule is CCCCc1ccc(Oc2ccc(F)cc2C(=O)N/C(C)=C/C(=O)NC)cc1. The highest BCUT2D eigenvalue weighted by Gasteiger charge is 2.15. The molecule has 0 fully saturated rings. The number of amides is 2. The highest BCUT2D eigenvalue weighted by atomic mass is 19.1. The molecule has 0 aliphatic rings. The quantitative estimate of drug-likeness (QED) is 0.665. The van der Waals surface area contributed by atoms with Crippen LogP contribution in [-0.4, -0.2) is 18.9 Å². The monoisotopic (exact) mass is 384 g/mol. The van der Waals surface area contributed by atoms with Crippen LogP contribution < -0.4 is 15.4 Å². The molecule has 148 valence electrons. The Hall–Kier alpha value is -3.15. The van der Waals surface area contributed by atoms with Crippen LogP contribution in [0, 0.1) is 5.82 Å². The number of ether oxygens (including phenoxy) is 1. The number of hydrogen-bond acceptors (Lipinski definition) is 3. The van der Waals surface area contributed by atoms with Crippen molar-refractivity contribution in [3.05, 3.63) is 71.2 Å². The van der Waals surface area contributed by atoms with Crippen LogP contribution in [0.4, 0.5) is 4.39 Å². The van der Waals surface area contributed by atoms with Gasteiger partial charge in [-0.25, -0.2) is 4.39 Å². The van der Waals surface area contributed by atoms with Gasteiger partial charge in [0.2, 0.25) is 5.91 Å². The van der Waals surface area contributed by atoms with E-state index in [9.17, 15) is 14.0 Å². The van der Waals surface area contributed by atoms with Gasteiger partial charge in [-0.2, -0.15) is 0 Å². The van der Waals surface area contributed by atoms with Crippen molar-refractivity contribution >= 4 is 11.8 Å². The van der Waals surface area contributed by atoms with Crippen molar-refractivity contribution < 1.29 is 18.7 Å². The number of allylic oxidation sites excluding steroid dienone is 1. The van der Waals surface area contributed by atoms with E-state index in [1.54, 1.807) is 6.92 Å². The first-order valence-corrected chi connectivity index (χ1v) is 9.20. The van der Waals surface area contributed by atoms with Crippen LogP contribution in [0.2, 0.25) is 0 Å². The lowest BCUT2D eigenvalue weighted by atomic mass is 10.1. The van der Waals surface area contributed by atoms with Gasteiger partial charge in [-0.1, -0.05) is 25.5 Å². The molecule has 0 heterocycles. The Balaban J connectivity index is 2.18. The Morgan fingerprint density at radius 1 is 1.14 bits per heavy atom. The molecule has 0 bridgehead atoms. The lowest BCUT2D eigenvalue weighted by Crippen LogP contribution is -2.24. The molecule has 2 aromatic carbocycles. The zero-order chi connectivity index (χ0) is 20.5. The van der Waals surface area contributed by atoms with Crippen LogP contribution >= 0.6 is 0 Å². The second-order valence-electron chi connectivity index (χ2n) is 6.39. The predicted octanol–water partition coefficient (Wildman–Crippen LogP) is 4.34. The summed E-state index contributed by atoms with van der Waals surface area (Å²) >= 11 is 0. The molecule has 0 aliphatic heterocycles. The largest absolute Gasteiger partial charge is 0.457 e. The third-order valence-corrected chi connectivity index (χ3v) is 4.06. The molecule has 2 N–H and O–H groups in total. The van der Waals surface area contributed by atoms with Crippen LogP contribution in [0.25, 0.3) is 0 Å². The topological polar surface area (TPSA) is 67.4 Å². The highest BCUT2D eigenvalue weighted by Crippen LogP contribution is 2.27. The highest BCUT2D eigenvalue weighted by molar-refractivity contribution is 5.98. The van der Waals surface area contributed by atoms with Crippen LogP contribution in [0.5, 0.6) is 11.5 Å². The molecule has 28 heavy (non-hydrogen) atoms. The second-order valence-corrected chi connectivity index (χ2v) is 6.39. The van der Waals surface area contributed by atoms with E-state index in [1.807, 2.05) is 24.3 Å². The van der Waals surface area contributed by atoms with Crippen molar-refractivity contribution in [3.8, 4) is 11.5 Å². The molecular formula is C22H25FN2O3. The molecule has 0 aromatic heterocycles. The fourth-order valence-electron chi connectivity index (χ4n) is 2.55. The first-order chi connectivity index (χ1) is 13.4. The van der Waals surface area contributed by atoms with Gasteiger partial charge in [-0.15, -0.1) is 0 Å². The summed E-state index contributed by atoms with van der Waals surface area (Å²) in [4.78, 5) is 23.9. The van der Waals surface area contributed by atoms with Gasteiger partial charge in [0.25, 0.3) is 5.91 Å². The molecule has 2 rings (SSSR count). The van der Waals surface area contributed by atoms with Gasteiger partial charge in [0.15, 0.2) is 0 Å². The van der Waals surface area contributed by atoms with E-state index in [1.165, 1.54) is 30.8 Å². The molecule has 5 nitrogen and oxygen atoms in total. The summed E-state index contributed by atoms with van der Waals surface area (Å²) in [5.74, 6) is -0.685. The Kier molecular flexibility index (Phi) is 7.75. The number of hydrogen-bond donors (Lipinski definition) is 2. The van der Waals surface area contributed by atoms with E-state index in [4.69, 9.17) is 4.74 Å². The molecule has 6 heteroatoms. The molecular weight excluding hydrogens is 359 g/mol. The fourth-order valence-corrected chi connectivity index (χ4v) is 2.55. The molecule has 0 atom stereocenters. The summed E-state index contributed by atoms with van der Waals surface area (Å²) in [6.07, 6.45) is 4.48. The van der Waals surface area contributed by atoms with Gasteiger partial charge in [-0.05, 0) is 55.7 Å². The zero-order valence-electron chi connectivity index (χ0n) is 16.3. The second kappa shape index (κ2) is 10.3. The van der Waals surface area contributed by atoms with E-state index in [0.717, 1.165) is 25.3 Å². The number of carbonyl (C=O) groups is 2. The standard InChI is InChI=1S/C22H25FN2O3/c1-4-5-6-16-7-10-18(11-8-16)28-20-12-9-17(23)14-19(20)22(27)25-15(2)13-21(26)24-3/h7-14H,4-6H2,1-3H3,(H,24,26)(H,25,27)/b15-13+. The van der Waals surface area contributed by atoms with Crippen molar-refractivity contribution in [2.24, 2.45) is 0 Å². The van der Waals surface area contributed by atoms with Crippen molar-refractivity contribution in [2.45, 2.75) is 33.1 Å². The Morgan fingerprint density at radius 2 is 1.86 bits per heavy atom. The van der Waals surface area contributed by atoms with Crippen molar-refractivity contribution in [1.82, 2.24) is 10.6 Å². The number of unbranched alkanes of at least 4 members (excludes halogenated alkanes) is 1. The van der Waals surface area contributed by atoms with Gasteiger partial charge >= 0.3 is 0 Å². The average Bonchev–Trinajstić information content (AvgIpc) is 2.68. The van der Waals surface area contributed by atoms with Crippen LogP contribution in [0.15, 0.2) is 54.2 Å². The fraction of sp³-hybridized carbons (Fsp3) is 0.273. The average molecular weight is 384 g/mol. The normalized spacial score (nSPS) is 11.1. The first kappa shape index (κ1) is 21.2. The van der Waals surface area contributed by atoms with E-state index < -0.39 is 11.7 Å². The van der Waals surface area contributed by atoms with Crippen LogP contribution in [-0.2, 0) is 11.2 Å². The molecule has 2 amide bonds. The number of benzene rings is 2. The number of carbonyl (C=O) groups excluding carboxylic acids is 2. The zero-order valence-corrected chi connectivity index (χ0v) is 16.3. The summed E-state index contributed by atoms with van der Waals surface area (Å²) in [6.45, 7) is 3.71. The molecule has 0 unspecified atom stereocenters. The predicted molar refractivity (Wildman–Crippen MR) is 107 cm³/mol. The van der Waals surface area contributed by atoms with Crippen LogP contribution in [0.3, 0.4) is 0 Å². The summed E-state index contributed by atoms with van der Waals surface area (Å²) in [5, 5.41) is 4.99. The minimum absolute atomic E-state index is 0.0414. The summed E-state index contributed by atoms with van der Waals surface area (Å²) in [5.41, 5.74) is 1.58. The van der Waals surface area contributed by atoms with E-state index in [2.05, 4.69) is 17.6 Å². The molecule has 0 aliphatic carbocycles. The molecule has 0 saturated heterocycles. The van der Waals surface area contributed by atoms with Crippen molar-refractivity contribution in [2.75, 3.05) is 7.05 Å². The van der Waals surface area contributed by atoms with E-state index in [-0.39, 0.29) is 17.2 Å². The van der Waals surface area contributed by atoms with Gasteiger partial charge in [0.05, 0.1) is 5.56 Å². The maximum Gasteiger partial charge on any atom is 0.259 e. The maximum atomic E-state index is 13.7. The Morgan fingerprint density at radius 3 is 2.50 bits per heavy atom. The van der Waals surface area contributed by atoms with Gasteiger partial charge in [0, 0.05) is 18.8 Å². The molecule has 2 aromatic rings. The number of halogens is 1. The van der Waals surface area contributed by atoms with Crippen LogP contribution in [0.1, 0.15) is 42.6 Å². The molecule has 0 radical (unpaired) electrons. The third kappa shape index (κ3) is 6.23. The third-order valence-electron chi connectivity index (χ3n) is 4.06. The Bertz CT molecular complexity index is 861. The number of rotatable bonds is 8. The molecule has 0 spiro atoms. The lowest BCUT2D eigenvalue weighted by molar-refractivity contribution is -0.116. The molecule has 0 saturated carbocycles. The van der Waals surface area contributed by atoms with Gasteiger partial charge in [0.1, 0.15) is 17.3 Å². The van der Waals surface area contributed by atoms with Crippen molar-refractivity contribution in [1.29, 1.82) is 0 Å². The van der Waals surface area contributed by atoms with Gasteiger partial charge < -0.3 is 15.4 Å². The van der Waals surface area contributed by atoms with Gasteiger partial charge in [-0.3, -0.25) is 9.59 Å². The van der Waals surface area contributed by atoms with E-state index in [0.29, 0.717) is 11.4 Å². The number of aryl methyl sites for hydroxylation is 1. The summed E-state index contributed by atoms with van der Waals surface area (Å²) in [6, 6.07) is 11.4. The first-order valence-electron chi connectivity index (χ1n) is 9.20. The van der Waals surface area contributed by atoms with E-state index >= 15 is 0 Å². The number of nitrogens with one attached hydrogen (secondary N) is 2. The van der Waals surface area contributed by atoms with Crippen molar-refractivity contribution in [3.63, 3.8) is 0 Å². The minimum Gasteiger partial charge on any atom is -0.457 e. The number of likely N-dealkylation sites (N-methyl/N-ethyl adjacent to an activating group) is 1. The minimum atomic E-state index is -0.563. The maximum absolute atomic E-state index is 13.7. The smallest absolute Gasteiger partial charge is 0.259 e.